The van der Waals surface area contributed by atoms with Gasteiger partial charge in [-0.15, -0.1) is 0 Å². The molecule has 0 fully saturated rings. The summed E-state index contributed by atoms with van der Waals surface area (Å²) in [5.74, 6) is 0.508. The molecule has 1 heterocycles. The average Bonchev–Trinajstić information content (AvgIpc) is 2.48. The van der Waals surface area contributed by atoms with E-state index in [0.29, 0.717) is 16.6 Å². The lowest BCUT2D eigenvalue weighted by Gasteiger charge is -2.14. The molecule has 0 bridgehead atoms. The molecule has 0 saturated heterocycles. The van der Waals surface area contributed by atoms with Gasteiger partial charge in [0.2, 0.25) is 0 Å². The van der Waals surface area contributed by atoms with Gasteiger partial charge in [-0.25, -0.2) is 0 Å². The topological polar surface area (TPSA) is 50.9 Å². The van der Waals surface area contributed by atoms with Gasteiger partial charge >= 0.3 is 0 Å². The fraction of sp³-hybridized carbons (Fsp3) is 0.250. The smallest absolute Gasteiger partial charge is 0.124 e. The summed E-state index contributed by atoms with van der Waals surface area (Å²) in [5, 5.41) is 3.37. The van der Waals surface area contributed by atoms with Gasteiger partial charge < -0.3 is 11.1 Å². The highest BCUT2D eigenvalue weighted by atomic mass is 32.1. The molecule has 104 valence electrons. The van der Waals surface area contributed by atoms with Gasteiger partial charge in [-0.2, -0.15) is 0 Å². The van der Waals surface area contributed by atoms with E-state index in [4.69, 9.17) is 18.0 Å². The third-order valence-corrected chi connectivity index (χ3v) is 3.50. The summed E-state index contributed by atoms with van der Waals surface area (Å²) in [6.07, 6.45) is 2.74. The molecule has 3 nitrogen and oxygen atoms in total. The second kappa shape index (κ2) is 7.01. The molecule has 2 rings (SSSR count). The van der Waals surface area contributed by atoms with E-state index in [9.17, 15) is 0 Å². The van der Waals surface area contributed by atoms with Gasteiger partial charge in [0.05, 0.1) is 5.69 Å². The molecule has 4 heteroatoms. The Morgan fingerprint density at radius 1 is 1.25 bits per heavy atom. The maximum Gasteiger partial charge on any atom is 0.124 e. The summed E-state index contributed by atoms with van der Waals surface area (Å²) in [6.45, 7) is 3.09. The van der Waals surface area contributed by atoms with Gasteiger partial charge in [0.1, 0.15) is 10.7 Å². The maximum atomic E-state index is 5.67. The first kappa shape index (κ1) is 14.5. The van der Waals surface area contributed by atoms with Crippen LogP contribution in [0.15, 0.2) is 48.7 Å². The Labute approximate surface area is 125 Å². The zero-order valence-corrected chi connectivity index (χ0v) is 12.4. The van der Waals surface area contributed by atoms with Crippen molar-refractivity contribution >= 4 is 22.9 Å². The van der Waals surface area contributed by atoms with Gasteiger partial charge in [0, 0.05) is 12.7 Å². The molecule has 1 aromatic carbocycles. The van der Waals surface area contributed by atoms with Crippen LogP contribution in [-0.2, 0) is 0 Å². The number of hydrogen-bond donors (Lipinski definition) is 2. The van der Waals surface area contributed by atoms with E-state index < -0.39 is 0 Å². The number of benzene rings is 1. The fourth-order valence-electron chi connectivity index (χ4n) is 2.12. The van der Waals surface area contributed by atoms with Crippen LogP contribution >= 0.6 is 12.2 Å². The van der Waals surface area contributed by atoms with Crippen LogP contribution in [0.5, 0.6) is 0 Å². The van der Waals surface area contributed by atoms with Crippen molar-refractivity contribution in [3.8, 4) is 0 Å². The van der Waals surface area contributed by atoms with Gasteiger partial charge in [0.15, 0.2) is 0 Å². The van der Waals surface area contributed by atoms with Crippen molar-refractivity contribution < 1.29 is 0 Å². The van der Waals surface area contributed by atoms with Crippen molar-refractivity contribution in [1.29, 1.82) is 0 Å². The van der Waals surface area contributed by atoms with Crippen molar-refractivity contribution in [3.63, 3.8) is 0 Å². The molecule has 0 spiro atoms. The van der Waals surface area contributed by atoms with E-state index in [1.165, 1.54) is 5.56 Å². The normalized spacial score (nSPS) is 11.8. The van der Waals surface area contributed by atoms with Crippen LogP contribution < -0.4 is 11.1 Å². The van der Waals surface area contributed by atoms with Crippen LogP contribution in [0.3, 0.4) is 0 Å². The first-order valence-corrected chi connectivity index (χ1v) is 7.13. The van der Waals surface area contributed by atoms with Gasteiger partial charge in [-0.3, -0.25) is 4.98 Å². The number of pyridine rings is 1. The summed E-state index contributed by atoms with van der Waals surface area (Å²) >= 11 is 5.00. The van der Waals surface area contributed by atoms with E-state index in [1.54, 1.807) is 6.20 Å². The number of hydrogen-bond acceptors (Lipinski definition) is 3. The van der Waals surface area contributed by atoms with Crippen molar-refractivity contribution in [3.05, 3.63) is 59.9 Å². The molecule has 3 N–H and O–H groups in total. The SMILES string of the molecule is CC(CCNc1cccnc1C(N)=S)c1ccccc1. The lowest BCUT2D eigenvalue weighted by Crippen LogP contribution is -2.16. The molecule has 0 saturated carbocycles. The van der Waals surface area contributed by atoms with Crippen molar-refractivity contribution in [1.82, 2.24) is 4.98 Å². The van der Waals surface area contributed by atoms with E-state index in [1.807, 2.05) is 18.2 Å². The molecular weight excluding hydrogens is 266 g/mol. The number of thiocarbonyl (C=S) groups is 1. The second-order valence-corrected chi connectivity index (χ2v) is 5.23. The van der Waals surface area contributed by atoms with Crippen LogP contribution in [0, 0.1) is 0 Å². The summed E-state index contributed by atoms with van der Waals surface area (Å²) in [7, 11) is 0. The Bertz CT molecular complexity index is 569. The van der Waals surface area contributed by atoms with E-state index in [0.717, 1.165) is 18.7 Å². The van der Waals surface area contributed by atoms with Gasteiger partial charge in [-0.05, 0) is 30.0 Å². The molecule has 20 heavy (non-hydrogen) atoms. The second-order valence-electron chi connectivity index (χ2n) is 4.79. The van der Waals surface area contributed by atoms with E-state index in [2.05, 4.69) is 41.5 Å². The molecule has 0 radical (unpaired) electrons. The molecular formula is C16H19N3S. The number of nitrogens with two attached hydrogens (primary N) is 1. The minimum Gasteiger partial charge on any atom is -0.388 e. The van der Waals surface area contributed by atoms with Crippen molar-refractivity contribution in [2.75, 3.05) is 11.9 Å². The van der Waals surface area contributed by atoms with Gasteiger partial charge in [-0.1, -0.05) is 49.5 Å². The third kappa shape index (κ3) is 3.78. The monoisotopic (exact) mass is 285 g/mol. The summed E-state index contributed by atoms with van der Waals surface area (Å²) in [5.41, 5.74) is 8.59. The van der Waals surface area contributed by atoms with E-state index >= 15 is 0 Å². The Balaban J connectivity index is 1.92. The Morgan fingerprint density at radius 2 is 2.00 bits per heavy atom. The molecule has 0 aliphatic heterocycles. The number of anilines is 1. The molecule has 1 atom stereocenters. The molecule has 0 aliphatic carbocycles. The quantitative estimate of drug-likeness (QED) is 0.799. The number of rotatable bonds is 6. The highest BCUT2D eigenvalue weighted by Crippen LogP contribution is 2.19. The van der Waals surface area contributed by atoms with Crippen LogP contribution in [0.4, 0.5) is 5.69 Å². The molecule has 0 amide bonds. The average molecular weight is 285 g/mol. The van der Waals surface area contributed by atoms with E-state index in [-0.39, 0.29) is 0 Å². The number of nitrogens with one attached hydrogen (secondary N) is 1. The zero-order valence-electron chi connectivity index (χ0n) is 11.5. The number of aromatic nitrogens is 1. The number of nitrogens with zero attached hydrogens (tertiary/aromatic N) is 1. The molecule has 2 aromatic rings. The zero-order chi connectivity index (χ0) is 14.4. The minimum absolute atomic E-state index is 0.323. The maximum absolute atomic E-state index is 5.67. The third-order valence-electron chi connectivity index (χ3n) is 3.30. The predicted octanol–water partition coefficient (Wildman–Crippen LogP) is 3.32. The summed E-state index contributed by atoms with van der Waals surface area (Å²) < 4.78 is 0. The lowest BCUT2D eigenvalue weighted by atomic mass is 9.98. The van der Waals surface area contributed by atoms with Crippen molar-refractivity contribution in [2.45, 2.75) is 19.3 Å². The van der Waals surface area contributed by atoms with Crippen LogP contribution in [0.1, 0.15) is 30.5 Å². The van der Waals surface area contributed by atoms with Crippen LogP contribution in [0.2, 0.25) is 0 Å². The highest BCUT2D eigenvalue weighted by molar-refractivity contribution is 7.80. The summed E-state index contributed by atoms with van der Waals surface area (Å²) in [4.78, 5) is 4.53. The molecule has 1 unspecified atom stereocenters. The van der Waals surface area contributed by atoms with Crippen LogP contribution in [-0.4, -0.2) is 16.5 Å². The highest BCUT2D eigenvalue weighted by Gasteiger charge is 2.07. The first-order chi connectivity index (χ1) is 9.68. The molecule has 1 aromatic heterocycles. The Hall–Kier alpha value is -1.94. The van der Waals surface area contributed by atoms with Crippen LogP contribution in [0.25, 0.3) is 0 Å². The van der Waals surface area contributed by atoms with Gasteiger partial charge in [0.25, 0.3) is 0 Å². The standard InChI is InChI=1S/C16H19N3S/c1-12(13-6-3-2-4-7-13)9-11-18-14-8-5-10-19-15(14)16(17)20/h2-8,10,12,18H,9,11H2,1H3,(H2,17,20). The minimum atomic E-state index is 0.323. The largest absolute Gasteiger partial charge is 0.388 e. The molecule has 0 aliphatic rings. The predicted molar refractivity (Wildman–Crippen MR) is 88.1 cm³/mol. The summed E-state index contributed by atoms with van der Waals surface area (Å²) in [6, 6.07) is 14.3. The first-order valence-electron chi connectivity index (χ1n) is 6.72. The lowest BCUT2D eigenvalue weighted by molar-refractivity contribution is 0.706. The van der Waals surface area contributed by atoms with Crippen molar-refractivity contribution in [2.24, 2.45) is 5.73 Å². The fourth-order valence-corrected chi connectivity index (χ4v) is 2.28. The Kier molecular flexibility index (Phi) is 5.07. The Morgan fingerprint density at radius 3 is 2.70 bits per heavy atom.